The molecule has 5 N–H and O–H groups in total. The number of fused-ring (bicyclic) bond motifs is 5. The predicted octanol–water partition coefficient (Wildman–Crippen LogP) is 1.39. The standard InChI is InChI=1S/C27H47NO8S/c1-15(4-7-24(33)28-17(13-29)14-37(34,35)36)19-5-6-20-25-21(12-23(32)27(19,20)3)26(2)9-8-18(30)10-16(26)11-22(25)31/h15-23,25,29-32H,4-14H2,1-3H3,(H,28,33)(H,34,35,36)/p-1/t15-,16+,17+,18-,19-,20+,21+,22-,23+,25+,26+,27-/m1/s1. The van der Waals surface area contributed by atoms with Gasteiger partial charge in [-0.05, 0) is 97.7 Å². The minimum atomic E-state index is -4.57. The van der Waals surface area contributed by atoms with Gasteiger partial charge in [-0.25, -0.2) is 8.42 Å². The molecule has 0 aromatic carbocycles. The Balaban J connectivity index is 1.43. The minimum absolute atomic E-state index is 0.0219. The Labute approximate surface area is 221 Å². The van der Waals surface area contributed by atoms with Crippen LogP contribution < -0.4 is 5.32 Å². The summed E-state index contributed by atoms with van der Waals surface area (Å²) < 4.78 is 33.0. The lowest BCUT2D eigenvalue weighted by molar-refractivity contribution is -0.207. The molecule has 4 aliphatic carbocycles. The van der Waals surface area contributed by atoms with Gasteiger partial charge in [-0.2, -0.15) is 0 Å². The SMILES string of the molecule is C[C@H](CCC(=O)N[C@@H](CO)CS(=O)(=O)[O-])[C@H]1CC[C@H]2[C@@H]3[C@H](O)C[C@@H]4C[C@H](O)CC[C@]4(C)[C@H]3C[C@H](O)[C@]12C. The zero-order valence-corrected chi connectivity index (χ0v) is 23.2. The maximum Gasteiger partial charge on any atom is 0.220 e. The fourth-order valence-electron chi connectivity index (χ4n) is 9.38. The number of amides is 1. The molecule has 4 fully saturated rings. The number of hydrogen-bond acceptors (Lipinski definition) is 8. The summed E-state index contributed by atoms with van der Waals surface area (Å²) in [6, 6.07) is -1.12. The lowest BCUT2D eigenvalue weighted by atomic mass is 9.43. The Morgan fingerprint density at radius 2 is 1.78 bits per heavy atom. The second kappa shape index (κ2) is 10.7. The molecule has 0 aromatic rings. The molecule has 0 spiro atoms. The number of hydrogen-bond donors (Lipinski definition) is 5. The van der Waals surface area contributed by atoms with E-state index in [1.807, 2.05) is 0 Å². The highest BCUT2D eigenvalue weighted by Crippen LogP contribution is 2.68. The van der Waals surface area contributed by atoms with Gasteiger partial charge in [0.05, 0.1) is 46.8 Å². The van der Waals surface area contributed by atoms with Crippen molar-refractivity contribution in [2.24, 2.45) is 46.3 Å². The molecule has 10 heteroatoms. The molecule has 0 aliphatic heterocycles. The van der Waals surface area contributed by atoms with E-state index in [2.05, 4.69) is 26.1 Å². The van der Waals surface area contributed by atoms with Crippen molar-refractivity contribution in [3.63, 3.8) is 0 Å². The van der Waals surface area contributed by atoms with Crippen molar-refractivity contribution in [1.82, 2.24) is 5.32 Å². The topological polar surface area (TPSA) is 167 Å². The van der Waals surface area contributed by atoms with Crippen molar-refractivity contribution in [3.8, 4) is 0 Å². The number of carbonyl (C=O) groups excluding carboxylic acids is 1. The van der Waals surface area contributed by atoms with Crippen LogP contribution in [0.15, 0.2) is 0 Å². The second-order valence-corrected chi connectivity index (χ2v) is 14.7. The molecular weight excluding hydrogens is 498 g/mol. The molecule has 4 saturated carbocycles. The largest absolute Gasteiger partial charge is 0.748 e. The summed E-state index contributed by atoms with van der Waals surface area (Å²) in [6.07, 6.45) is 5.12. The molecule has 12 atom stereocenters. The Kier molecular flexibility index (Phi) is 8.41. The number of aliphatic hydroxyl groups excluding tert-OH is 4. The molecule has 0 radical (unpaired) electrons. The summed E-state index contributed by atoms with van der Waals surface area (Å²) in [5.74, 6) is -0.109. The van der Waals surface area contributed by atoms with E-state index in [0.717, 1.165) is 32.1 Å². The van der Waals surface area contributed by atoms with Crippen LogP contribution >= 0.6 is 0 Å². The average Bonchev–Trinajstić information content (AvgIpc) is 3.16. The molecule has 0 saturated heterocycles. The first kappa shape index (κ1) is 29.2. The molecule has 37 heavy (non-hydrogen) atoms. The first-order valence-corrected chi connectivity index (χ1v) is 15.7. The Morgan fingerprint density at radius 1 is 1.08 bits per heavy atom. The fraction of sp³-hybridized carbons (Fsp3) is 0.963. The summed E-state index contributed by atoms with van der Waals surface area (Å²) in [6.45, 7) is 5.95. The molecule has 4 aliphatic rings. The van der Waals surface area contributed by atoms with Crippen LogP contribution in [0.5, 0.6) is 0 Å². The highest BCUT2D eigenvalue weighted by Gasteiger charge is 2.65. The van der Waals surface area contributed by atoms with E-state index in [1.54, 1.807) is 0 Å². The Hall–Kier alpha value is -0.780. The molecule has 9 nitrogen and oxygen atoms in total. The van der Waals surface area contributed by atoms with Crippen molar-refractivity contribution in [2.45, 2.75) is 103 Å². The zero-order valence-electron chi connectivity index (χ0n) is 22.4. The molecular formula is C27H46NO8S-. The maximum atomic E-state index is 12.4. The second-order valence-electron chi connectivity index (χ2n) is 13.2. The van der Waals surface area contributed by atoms with Crippen molar-refractivity contribution < 1.29 is 38.2 Å². The molecule has 0 unspecified atom stereocenters. The predicted molar refractivity (Wildman–Crippen MR) is 136 cm³/mol. The molecule has 0 aromatic heterocycles. The van der Waals surface area contributed by atoms with Gasteiger partial charge in [0.1, 0.15) is 0 Å². The van der Waals surface area contributed by atoms with E-state index in [4.69, 9.17) is 0 Å². The lowest BCUT2D eigenvalue weighted by Crippen LogP contribution is -2.62. The average molecular weight is 545 g/mol. The number of carbonyl (C=O) groups is 1. The number of nitrogens with one attached hydrogen (secondary N) is 1. The third-order valence-electron chi connectivity index (χ3n) is 11.3. The summed E-state index contributed by atoms with van der Waals surface area (Å²) in [5, 5.41) is 45.1. The van der Waals surface area contributed by atoms with Crippen LogP contribution in [0.4, 0.5) is 0 Å². The Morgan fingerprint density at radius 3 is 2.43 bits per heavy atom. The zero-order chi connectivity index (χ0) is 27.3. The number of aliphatic hydroxyl groups is 4. The lowest BCUT2D eigenvalue weighted by Gasteiger charge is -2.63. The van der Waals surface area contributed by atoms with E-state index < -0.39 is 46.6 Å². The van der Waals surface area contributed by atoms with Crippen LogP contribution in [-0.4, -0.2) is 76.0 Å². The molecule has 0 bridgehead atoms. The highest BCUT2D eigenvalue weighted by molar-refractivity contribution is 7.85. The van der Waals surface area contributed by atoms with Gasteiger partial charge in [0.25, 0.3) is 0 Å². The van der Waals surface area contributed by atoms with E-state index in [1.165, 1.54) is 0 Å². The van der Waals surface area contributed by atoms with Gasteiger partial charge in [0.2, 0.25) is 5.91 Å². The van der Waals surface area contributed by atoms with E-state index in [9.17, 15) is 38.2 Å². The van der Waals surface area contributed by atoms with Crippen molar-refractivity contribution in [3.05, 3.63) is 0 Å². The van der Waals surface area contributed by atoms with E-state index in [-0.39, 0.29) is 58.9 Å². The van der Waals surface area contributed by atoms with Gasteiger partial charge in [-0.1, -0.05) is 20.8 Å². The van der Waals surface area contributed by atoms with Gasteiger partial charge in [0.15, 0.2) is 0 Å². The molecule has 0 heterocycles. The van der Waals surface area contributed by atoms with Crippen LogP contribution in [0.2, 0.25) is 0 Å². The monoisotopic (exact) mass is 544 g/mol. The third-order valence-corrected chi connectivity index (χ3v) is 12.1. The first-order valence-electron chi connectivity index (χ1n) is 14.1. The van der Waals surface area contributed by atoms with Crippen LogP contribution in [0.1, 0.15) is 78.6 Å². The minimum Gasteiger partial charge on any atom is -0.748 e. The smallest absolute Gasteiger partial charge is 0.220 e. The van der Waals surface area contributed by atoms with Crippen molar-refractivity contribution in [1.29, 1.82) is 0 Å². The highest BCUT2D eigenvalue weighted by atomic mass is 32.2. The van der Waals surface area contributed by atoms with Crippen molar-refractivity contribution >= 4 is 16.0 Å². The van der Waals surface area contributed by atoms with E-state index in [0.29, 0.717) is 19.3 Å². The van der Waals surface area contributed by atoms with Crippen LogP contribution in [0.25, 0.3) is 0 Å². The van der Waals surface area contributed by atoms with E-state index >= 15 is 0 Å². The fourth-order valence-corrected chi connectivity index (χ4v) is 10.1. The molecule has 4 rings (SSSR count). The summed E-state index contributed by atoms with van der Waals surface area (Å²) in [5.41, 5.74) is -0.340. The first-order chi connectivity index (χ1) is 17.2. The summed E-state index contributed by atoms with van der Waals surface area (Å²) >= 11 is 0. The van der Waals surface area contributed by atoms with Crippen molar-refractivity contribution in [2.75, 3.05) is 12.4 Å². The van der Waals surface area contributed by atoms with Gasteiger partial charge < -0.3 is 30.3 Å². The quantitative estimate of drug-likeness (QED) is 0.286. The number of rotatable bonds is 8. The van der Waals surface area contributed by atoms with Crippen LogP contribution in [-0.2, 0) is 14.9 Å². The molecule has 1 amide bonds. The van der Waals surface area contributed by atoms with Gasteiger partial charge in [-0.3, -0.25) is 4.79 Å². The van der Waals surface area contributed by atoms with Gasteiger partial charge >= 0.3 is 0 Å². The maximum absolute atomic E-state index is 12.4. The van der Waals surface area contributed by atoms with Crippen LogP contribution in [0, 0.1) is 46.3 Å². The third kappa shape index (κ3) is 5.48. The summed E-state index contributed by atoms with van der Waals surface area (Å²) in [4.78, 5) is 12.4. The normalized spacial score (nSPS) is 45.3. The summed E-state index contributed by atoms with van der Waals surface area (Å²) in [7, 11) is -4.57. The van der Waals surface area contributed by atoms with Crippen LogP contribution in [0.3, 0.4) is 0 Å². The van der Waals surface area contributed by atoms with Gasteiger partial charge in [-0.15, -0.1) is 0 Å². The van der Waals surface area contributed by atoms with Gasteiger partial charge in [0, 0.05) is 6.42 Å². The Bertz CT molecular complexity index is 945. The molecule has 214 valence electrons.